The van der Waals surface area contributed by atoms with E-state index in [1.807, 2.05) is 0 Å². The molecule has 0 aliphatic carbocycles. The molecule has 1 fully saturated rings. The maximum absolute atomic E-state index is 13.4. The normalized spacial score (nSPS) is 20.6. The number of hydrogen-bond donors (Lipinski definition) is 10. The number of carboxylic acids is 1. The van der Waals surface area contributed by atoms with Crippen molar-refractivity contribution >= 4 is 29.7 Å². The Labute approximate surface area is 209 Å². The molecule has 0 saturated carbocycles. The largest absolute Gasteiger partial charge is 0.480 e. The monoisotopic (exact) mass is 516 g/mol. The van der Waals surface area contributed by atoms with Crippen LogP contribution in [0.1, 0.15) is 45.4 Å². The number of aliphatic carboxylic acids is 1. The molecule has 1 saturated heterocycles. The molecule has 1 heterocycles. The molecule has 0 spiro atoms. The number of β-amino-alcohol motifs (C(OH)–C–C–N with tert-alkyl or cyclic N) is 1. The topological polar surface area (TPSA) is 270 Å². The number of rotatable bonds is 15. The van der Waals surface area contributed by atoms with Crippen LogP contribution in [0.25, 0.3) is 0 Å². The van der Waals surface area contributed by atoms with Gasteiger partial charge in [0.15, 0.2) is 5.96 Å². The number of carboxylic acid groups (broad SMARTS) is 1. The van der Waals surface area contributed by atoms with Crippen molar-refractivity contribution in [1.29, 1.82) is 5.41 Å². The fourth-order valence-corrected chi connectivity index (χ4v) is 3.80. The van der Waals surface area contributed by atoms with Crippen LogP contribution in [0.2, 0.25) is 0 Å². The van der Waals surface area contributed by atoms with Crippen LogP contribution in [0.3, 0.4) is 0 Å². The number of aliphatic hydroxyl groups excluding tert-OH is 2. The van der Waals surface area contributed by atoms with Crippen molar-refractivity contribution in [1.82, 2.24) is 20.9 Å². The molecule has 0 unspecified atom stereocenters. The van der Waals surface area contributed by atoms with Crippen molar-refractivity contribution in [2.75, 3.05) is 19.6 Å². The molecule has 206 valence electrons. The predicted octanol–water partition coefficient (Wildman–Crippen LogP) is -3.90. The third-order valence-corrected chi connectivity index (χ3v) is 5.85. The first-order chi connectivity index (χ1) is 16.9. The Hall–Kier alpha value is -3.01. The zero-order chi connectivity index (χ0) is 27.4. The lowest BCUT2D eigenvalue weighted by Crippen LogP contribution is -2.57. The SMILES string of the molecule is C[C@@H](O)[C@H](N)C(=O)N[C@@H](CCCCN)C(=O)N1C[C@H](O)C[C@H]1C(=O)N[C@@H](CCCNC(=N)N)C(=O)O. The molecule has 0 aromatic heterocycles. The van der Waals surface area contributed by atoms with Crippen molar-refractivity contribution in [3.05, 3.63) is 0 Å². The van der Waals surface area contributed by atoms with Crippen LogP contribution in [0, 0.1) is 5.41 Å². The van der Waals surface area contributed by atoms with Gasteiger partial charge in [-0.1, -0.05) is 0 Å². The van der Waals surface area contributed by atoms with Gasteiger partial charge < -0.3 is 53.4 Å². The Bertz CT molecular complexity index is 781. The average Bonchev–Trinajstić information content (AvgIpc) is 3.20. The summed E-state index contributed by atoms with van der Waals surface area (Å²) >= 11 is 0. The second-order valence-corrected chi connectivity index (χ2v) is 8.89. The minimum Gasteiger partial charge on any atom is -0.480 e. The van der Waals surface area contributed by atoms with Crippen molar-refractivity contribution in [3.63, 3.8) is 0 Å². The highest BCUT2D eigenvalue weighted by molar-refractivity contribution is 5.94. The number of aliphatic hydroxyl groups is 2. The average molecular weight is 517 g/mol. The summed E-state index contributed by atoms with van der Waals surface area (Å²) < 4.78 is 0. The predicted molar refractivity (Wildman–Crippen MR) is 129 cm³/mol. The van der Waals surface area contributed by atoms with Gasteiger partial charge in [0.1, 0.15) is 24.2 Å². The Kier molecular flexibility index (Phi) is 13.1. The summed E-state index contributed by atoms with van der Waals surface area (Å²) in [4.78, 5) is 51.5. The van der Waals surface area contributed by atoms with Crippen molar-refractivity contribution in [2.24, 2.45) is 17.2 Å². The van der Waals surface area contributed by atoms with Gasteiger partial charge in [0.2, 0.25) is 17.7 Å². The van der Waals surface area contributed by atoms with Gasteiger partial charge in [0.05, 0.1) is 12.2 Å². The highest BCUT2D eigenvalue weighted by Gasteiger charge is 2.42. The van der Waals surface area contributed by atoms with E-state index in [-0.39, 0.29) is 38.3 Å². The Morgan fingerprint density at radius 1 is 1.11 bits per heavy atom. The zero-order valence-corrected chi connectivity index (χ0v) is 20.5. The van der Waals surface area contributed by atoms with Gasteiger partial charge in [-0.3, -0.25) is 19.8 Å². The number of hydrogen-bond acceptors (Lipinski definition) is 9. The van der Waals surface area contributed by atoms with Gasteiger partial charge in [-0.2, -0.15) is 0 Å². The van der Waals surface area contributed by atoms with E-state index in [4.69, 9.17) is 22.6 Å². The summed E-state index contributed by atoms with van der Waals surface area (Å²) in [5, 5.41) is 43.8. The summed E-state index contributed by atoms with van der Waals surface area (Å²) in [6, 6.07) is -4.76. The van der Waals surface area contributed by atoms with Crippen molar-refractivity contribution in [2.45, 2.75) is 81.8 Å². The number of unbranched alkanes of at least 4 members (excludes halogenated alkanes) is 1. The fraction of sp³-hybridized carbons (Fsp3) is 0.762. The number of likely N-dealkylation sites (tertiary alicyclic amines) is 1. The lowest BCUT2D eigenvalue weighted by molar-refractivity contribution is -0.145. The fourth-order valence-electron chi connectivity index (χ4n) is 3.80. The molecular formula is C21H40N8O7. The molecule has 0 bridgehead atoms. The third-order valence-electron chi connectivity index (χ3n) is 5.85. The quantitative estimate of drug-likeness (QED) is 0.0570. The van der Waals surface area contributed by atoms with Gasteiger partial charge in [0, 0.05) is 19.5 Å². The van der Waals surface area contributed by atoms with E-state index >= 15 is 0 Å². The minimum absolute atomic E-state index is 0.0412. The molecule has 1 aliphatic heterocycles. The number of guanidine groups is 1. The highest BCUT2D eigenvalue weighted by atomic mass is 16.4. The molecule has 0 aromatic carbocycles. The minimum atomic E-state index is -1.28. The van der Waals surface area contributed by atoms with E-state index in [1.54, 1.807) is 0 Å². The van der Waals surface area contributed by atoms with E-state index in [1.165, 1.54) is 6.92 Å². The molecule has 6 atom stereocenters. The molecule has 1 aliphatic rings. The lowest BCUT2D eigenvalue weighted by Gasteiger charge is -2.30. The molecule has 15 nitrogen and oxygen atoms in total. The molecular weight excluding hydrogens is 476 g/mol. The van der Waals surface area contributed by atoms with Crippen LogP contribution in [-0.2, 0) is 19.2 Å². The zero-order valence-electron chi connectivity index (χ0n) is 20.5. The standard InChI is InChI=1S/C21H40N8O7/c1-11(30)16(23)18(33)27-13(5-2-3-7-22)19(34)29-10-12(31)9-15(29)17(32)28-14(20(35)36)6-4-8-26-21(24)25/h11-16,30-31H,2-10,22-23H2,1H3,(H,27,33)(H,28,32)(H,35,36)(H4,24,25,26)/t11-,12-,13+,14+,15+,16+/m1/s1. The van der Waals surface area contributed by atoms with Gasteiger partial charge in [-0.15, -0.1) is 0 Å². The van der Waals surface area contributed by atoms with E-state index in [2.05, 4.69) is 16.0 Å². The van der Waals surface area contributed by atoms with E-state index in [0.717, 1.165) is 4.90 Å². The first-order valence-corrected chi connectivity index (χ1v) is 11.9. The first kappa shape index (κ1) is 31.0. The van der Waals surface area contributed by atoms with Gasteiger partial charge in [-0.05, 0) is 45.6 Å². The van der Waals surface area contributed by atoms with E-state index < -0.39 is 60.1 Å². The van der Waals surface area contributed by atoms with Crippen LogP contribution in [0.5, 0.6) is 0 Å². The van der Waals surface area contributed by atoms with Crippen molar-refractivity contribution in [3.8, 4) is 0 Å². The Morgan fingerprint density at radius 3 is 2.31 bits per heavy atom. The number of nitrogens with two attached hydrogens (primary N) is 3. The summed E-state index contributed by atoms with van der Waals surface area (Å²) in [5.74, 6) is -3.67. The van der Waals surface area contributed by atoms with Crippen LogP contribution < -0.4 is 33.2 Å². The van der Waals surface area contributed by atoms with Crippen LogP contribution in [0.15, 0.2) is 0 Å². The molecule has 0 radical (unpaired) electrons. The second kappa shape index (κ2) is 15.2. The molecule has 36 heavy (non-hydrogen) atoms. The molecule has 13 N–H and O–H groups in total. The van der Waals surface area contributed by atoms with E-state index in [0.29, 0.717) is 25.8 Å². The number of nitrogens with one attached hydrogen (secondary N) is 4. The van der Waals surface area contributed by atoms with Gasteiger partial charge >= 0.3 is 5.97 Å². The Balaban J connectivity index is 2.96. The summed E-state index contributed by atoms with van der Waals surface area (Å²) in [6.07, 6.45) is -0.690. The summed E-state index contributed by atoms with van der Waals surface area (Å²) in [5.41, 5.74) is 16.4. The number of nitrogens with zero attached hydrogens (tertiary/aromatic N) is 1. The number of amides is 3. The number of carbonyl (C=O) groups excluding carboxylic acids is 3. The maximum atomic E-state index is 13.4. The number of carbonyl (C=O) groups is 4. The van der Waals surface area contributed by atoms with Gasteiger partial charge in [-0.25, -0.2) is 4.79 Å². The summed E-state index contributed by atoms with van der Waals surface area (Å²) in [7, 11) is 0. The lowest BCUT2D eigenvalue weighted by atomic mass is 10.1. The van der Waals surface area contributed by atoms with Crippen LogP contribution in [-0.4, -0.2) is 106 Å². The molecule has 0 aromatic rings. The summed E-state index contributed by atoms with van der Waals surface area (Å²) in [6.45, 7) is 1.76. The highest BCUT2D eigenvalue weighted by Crippen LogP contribution is 2.21. The third kappa shape index (κ3) is 9.93. The van der Waals surface area contributed by atoms with E-state index in [9.17, 15) is 34.5 Å². The molecule has 15 heteroatoms. The van der Waals surface area contributed by atoms with Gasteiger partial charge in [0.25, 0.3) is 0 Å². The first-order valence-electron chi connectivity index (χ1n) is 11.9. The van der Waals surface area contributed by atoms with Crippen molar-refractivity contribution < 1.29 is 34.5 Å². The molecule has 3 amide bonds. The maximum Gasteiger partial charge on any atom is 0.326 e. The smallest absolute Gasteiger partial charge is 0.326 e. The van der Waals surface area contributed by atoms with Crippen LogP contribution in [0.4, 0.5) is 0 Å². The molecule has 1 rings (SSSR count). The Morgan fingerprint density at radius 2 is 1.75 bits per heavy atom. The second-order valence-electron chi connectivity index (χ2n) is 8.89. The van der Waals surface area contributed by atoms with Crippen LogP contribution >= 0.6 is 0 Å².